The second-order valence-corrected chi connectivity index (χ2v) is 7.79. The van der Waals surface area contributed by atoms with Crippen LogP contribution in [0.4, 0.5) is 0 Å². The zero-order valence-corrected chi connectivity index (χ0v) is 15.6. The molecule has 2 fully saturated rings. The highest BCUT2D eigenvalue weighted by Gasteiger charge is 2.36. The van der Waals surface area contributed by atoms with E-state index in [-0.39, 0.29) is 18.3 Å². The molecular formula is C18H27ClN2OS. The number of hydrogen-bond donors (Lipinski definition) is 1. The molecule has 2 atom stereocenters. The number of rotatable bonds is 5. The third-order valence-corrected chi connectivity index (χ3v) is 5.94. The van der Waals surface area contributed by atoms with Gasteiger partial charge in [0.05, 0.1) is 0 Å². The number of carbonyl (C=O) groups excluding carboxylic acids is 1. The SMILES string of the molecule is CCSCc1ccc(C(=O)N(C)C2CC3CCC(C2)N3)cc1.Cl. The van der Waals surface area contributed by atoms with Crippen LogP contribution in [0.15, 0.2) is 24.3 Å². The van der Waals surface area contributed by atoms with E-state index in [0.717, 1.165) is 29.9 Å². The number of fused-ring (bicyclic) bond motifs is 2. The molecule has 23 heavy (non-hydrogen) atoms. The summed E-state index contributed by atoms with van der Waals surface area (Å²) in [5, 5.41) is 3.64. The quantitative estimate of drug-likeness (QED) is 0.874. The van der Waals surface area contributed by atoms with Crippen LogP contribution >= 0.6 is 24.2 Å². The highest BCUT2D eigenvalue weighted by Crippen LogP contribution is 2.29. The van der Waals surface area contributed by atoms with Crippen LogP contribution in [-0.2, 0) is 5.75 Å². The van der Waals surface area contributed by atoms with Gasteiger partial charge in [-0.3, -0.25) is 4.79 Å². The molecule has 128 valence electrons. The van der Waals surface area contributed by atoms with E-state index in [1.807, 2.05) is 35.8 Å². The van der Waals surface area contributed by atoms with Crippen molar-refractivity contribution in [3.05, 3.63) is 35.4 Å². The van der Waals surface area contributed by atoms with Gasteiger partial charge in [0.15, 0.2) is 0 Å². The number of thioether (sulfide) groups is 1. The van der Waals surface area contributed by atoms with Crippen molar-refractivity contribution in [2.24, 2.45) is 0 Å². The topological polar surface area (TPSA) is 32.3 Å². The van der Waals surface area contributed by atoms with E-state index < -0.39 is 0 Å². The largest absolute Gasteiger partial charge is 0.339 e. The molecule has 1 N–H and O–H groups in total. The van der Waals surface area contributed by atoms with Crippen LogP contribution in [0.25, 0.3) is 0 Å². The fourth-order valence-electron chi connectivity index (χ4n) is 3.68. The molecule has 0 spiro atoms. The Labute approximate surface area is 150 Å². The van der Waals surface area contributed by atoms with Gasteiger partial charge in [0.25, 0.3) is 5.91 Å². The molecule has 3 rings (SSSR count). The molecule has 5 heteroatoms. The Kier molecular flexibility index (Phi) is 6.81. The average molecular weight is 355 g/mol. The van der Waals surface area contributed by atoms with E-state index in [0.29, 0.717) is 18.1 Å². The minimum absolute atomic E-state index is 0. The first kappa shape index (κ1) is 18.6. The van der Waals surface area contributed by atoms with Crippen molar-refractivity contribution in [3.8, 4) is 0 Å². The molecule has 2 aliphatic rings. The van der Waals surface area contributed by atoms with Gasteiger partial charge in [-0.2, -0.15) is 11.8 Å². The first-order chi connectivity index (χ1) is 10.7. The summed E-state index contributed by atoms with van der Waals surface area (Å²) in [6.45, 7) is 2.17. The number of amides is 1. The second kappa shape index (κ2) is 8.41. The minimum Gasteiger partial charge on any atom is -0.339 e. The Bertz CT molecular complexity index is 510. The lowest BCUT2D eigenvalue weighted by Gasteiger charge is -2.35. The third-order valence-electron chi connectivity index (χ3n) is 4.99. The fraction of sp³-hybridized carbons (Fsp3) is 0.611. The molecule has 3 nitrogen and oxygen atoms in total. The van der Waals surface area contributed by atoms with Crippen molar-refractivity contribution in [3.63, 3.8) is 0 Å². The molecular weight excluding hydrogens is 328 g/mol. The lowest BCUT2D eigenvalue weighted by atomic mass is 9.98. The van der Waals surface area contributed by atoms with E-state index >= 15 is 0 Å². The summed E-state index contributed by atoms with van der Waals surface area (Å²) in [5.41, 5.74) is 2.12. The normalized spacial score (nSPS) is 25.7. The molecule has 2 bridgehead atoms. The zero-order chi connectivity index (χ0) is 15.5. The monoisotopic (exact) mass is 354 g/mol. The van der Waals surface area contributed by atoms with E-state index in [2.05, 4.69) is 24.4 Å². The maximum Gasteiger partial charge on any atom is 0.253 e. The van der Waals surface area contributed by atoms with Crippen LogP contribution in [-0.4, -0.2) is 41.7 Å². The summed E-state index contributed by atoms with van der Waals surface area (Å²) >= 11 is 1.91. The van der Waals surface area contributed by atoms with Crippen LogP contribution in [0.1, 0.15) is 48.5 Å². The second-order valence-electron chi connectivity index (χ2n) is 6.51. The van der Waals surface area contributed by atoms with Crippen molar-refractivity contribution < 1.29 is 4.79 Å². The summed E-state index contributed by atoms with van der Waals surface area (Å²) in [5.74, 6) is 2.32. The van der Waals surface area contributed by atoms with Gasteiger partial charge in [0.1, 0.15) is 0 Å². The highest BCUT2D eigenvalue weighted by molar-refractivity contribution is 7.98. The predicted molar refractivity (Wildman–Crippen MR) is 101 cm³/mol. The molecule has 2 heterocycles. The molecule has 1 amide bonds. The van der Waals surface area contributed by atoms with Crippen molar-refractivity contribution >= 4 is 30.1 Å². The molecule has 0 aliphatic carbocycles. The first-order valence-electron chi connectivity index (χ1n) is 8.37. The van der Waals surface area contributed by atoms with Gasteiger partial charge in [0.2, 0.25) is 0 Å². The number of nitrogens with zero attached hydrogens (tertiary/aromatic N) is 1. The van der Waals surface area contributed by atoms with Crippen molar-refractivity contribution in [2.75, 3.05) is 12.8 Å². The first-order valence-corrected chi connectivity index (χ1v) is 9.52. The minimum atomic E-state index is 0. The van der Waals surface area contributed by atoms with Crippen LogP contribution in [0.5, 0.6) is 0 Å². The number of nitrogens with one attached hydrogen (secondary N) is 1. The molecule has 2 saturated heterocycles. The number of hydrogen-bond acceptors (Lipinski definition) is 3. The molecule has 1 aromatic rings. The molecule has 0 aromatic heterocycles. The average Bonchev–Trinajstić information content (AvgIpc) is 2.90. The van der Waals surface area contributed by atoms with Crippen LogP contribution in [0.2, 0.25) is 0 Å². The lowest BCUT2D eigenvalue weighted by molar-refractivity contribution is 0.0681. The molecule has 1 aromatic carbocycles. The van der Waals surface area contributed by atoms with E-state index in [9.17, 15) is 4.79 Å². The van der Waals surface area contributed by atoms with E-state index in [4.69, 9.17) is 0 Å². The Morgan fingerprint density at radius 1 is 1.22 bits per heavy atom. The molecule has 0 radical (unpaired) electrons. The number of piperidine rings is 1. The maximum absolute atomic E-state index is 12.7. The molecule has 2 unspecified atom stereocenters. The Balaban J connectivity index is 0.00000192. The summed E-state index contributed by atoms with van der Waals surface area (Å²) in [6, 6.07) is 9.78. The zero-order valence-electron chi connectivity index (χ0n) is 14.0. The summed E-state index contributed by atoms with van der Waals surface area (Å²) < 4.78 is 0. The van der Waals surface area contributed by atoms with Gasteiger partial charge in [-0.1, -0.05) is 19.1 Å². The van der Waals surface area contributed by atoms with Crippen LogP contribution < -0.4 is 5.32 Å². The van der Waals surface area contributed by atoms with Crippen molar-refractivity contribution in [1.82, 2.24) is 10.2 Å². The standard InChI is InChI=1S/C18H26N2OS.ClH/c1-3-22-12-13-4-6-14(7-5-13)18(21)20(2)17-10-15-8-9-16(11-17)19-15;/h4-7,15-17,19H,3,8-12H2,1-2H3;1H. The highest BCUT2D eigenvalue weighted by atomic mass is 35.5. The van der Waals surface area contributed by atoms with Gasteiger partial charge in [-0.25, -0.2) is 0 Å². The van der Waals surface area contributed by atoms with E-state index in [1.54, 1.807) is 0 Å². The Morgan fingerprint density at radius 3 is 2.39 bits per heavy atom. The smallest absolute Gasteiger partial charge is 0.253 e. The summed E-state index contributed by atoms with van der Waals surface area (Å²) in [6.07, 6.45) is 4.74. The van der Waals surface area contributed by atoms with Gasteiger partial charge in [0, 0.05) is 36.5 Å². The van der Waals surface area contributed by atoms with E-state index in [1.165, 1.54) is 18.4 Å². The summed E-state index contributed by atoms with van der Waals surface area (Å²) in [4.78, 5) is 14.7. The van der Waals surface area contributed by atoms with Gasteiger partial charge < -0.3 is 10.2 Å². The van der Waals surface area contributed by atoms with Gasteiger partial charge in [-0.15, -0.1) is 12.4 Å². The summed E-state index contributed by atoms with van der Waals surface area (Å²) in [7, 11) is 1.97. The Morgan fingerprint density at radius 2 is 1.83 bits per heavy atom. The number of carbonyl (C=O) groups is 1. The van der Waals surface area contributed by atoms with Crippen LogP contribution in [0, 0.1) is 0 Å². The molecule has 0 saturated carbocycles. The van der Waals surface area contributed by atoms with Gasteiger partial charge >= 0.3 is 0 Å². The lowest BCUT2D eigenvalue weighted by Crippen LogP contribution is -2.48. The number of halogens is 1. The van der Waals surface area contributed by atoms with Gasteiger partial charge in [-0.05, 0) is 49.1 Å². The predicted octanol–water partition coefficient (Wildman–Crippen LogP) is 3.72. The third kappa shape index (κ3) is 4.43. The Hall–Kier alpha value is -0.710. The number of benzene rings is 1. The maximum atomic E-state index is 12.7. The van der Waals surface area contributed by atoms with Crippen molar-refractivity contribution in [1.29, 1.82) is 0 Å². The van der Waals surface area contributed by atoms with Crippen LogP contribution in [0.3, 0.4) is 0 Å². The molecule has 2 aliphatic heterocycles. The van der Waals surface area contributed by atoms with Crippen molar-refractivity contribution in [2.45, 2.75) is 56.5 Å². The fourth-order valence-corrected chi connectivity index (χ4v) is 4.31.